The lowest BCUT2D eigenvalue weighted by Crippen LogP contribution is -2.38. The number of hydrogen-bond acceptors (Lipinski definition) is 7. The van der Waals surface area contributed by atoms with Crippen LogP contribution in [0.25, 0.3) is 0 Å². The molecule has 2 N–H and O–H groups in total. The van der Waals surface area contributed by atoms with E-state index < -0.39 is 17.0 Å². The van der Waals surface area contributed by atoms with Crippen molar-refractivity contribution in [2.45, 2.75) is 38.9 Å². The summed E-state index contributed by atoms with van der Waals surface area (Å²) in [5, 5.41) is 23.0. The number of carboxylic acids is 1. The number of halogens is 1. The van der Waals surface area contributed by atoms with Crippen molar-refractivity contribution in [3.63, 3.8) is 0 Å². The number of carbonyl (C=O) groups excluding carboxylic acids is 1. The highest BCUT2D eigenvalue weighted by Gasteiger charge is 2.18. The van der Waals surface area contributed by atoms with Crippen LogP contribution < -0.4 is 10.1 Å². The van der Waals surface area contributed by atoms with Gasteiger partial charge in [0.25, 0.3) is 5.69 Å². The first-order chi connectivity index (χ1) is 20.7. The largest absolute Gasteiger partial charge is 0.492 e. The van der Waals surface area contributed by atoms with Crippen LogP contribution in [-0.4, -0.2) is 65.9 Å². The molecule has 1 unspecified atom stereocenters. The maximum absolute atomic E-state index is 13.1. The first kappa shape index (κ1) is 33.0. The van der Waals surface area contributed by atoms with Crippen LogP contribution in [0.2, 0.25) is 0 Å². The molecule has 0 bridgehead atoms. The molecule has 3 rings (SSSR count). The average Bonchev–Trinajstić information content (AvgIpc) is 2.99. The molecule has 0 aliphatic heterocycles. The first-order valence-electron chi connectivity index (χ1n) is 13.9. The number of unbranched alkanes of at least 4 members (excludes halogenated alkanes) is 1. The van der Waals surface area contributed by atoms with E-state index in [4.69, 9.17) is 14.2 Å². The van der Waals surface area contributed by atoms with Gasteiger partial charge in [0, 0.05) is 44.0 Å². The Balaban J connectivity index is 1.51. The number of carbonyl (C=O) groups is 2. The number of anilines is 1. The van der Waals surface area contributed by atoms with Crippen LogP contribution in [0.1, 0.15) is 30.9 Å². The zero-order valence-electron chi connectivity index (χ0n) is 23.9. The molecular weight excluding hydrogens is 561 g/mol. The Morgan fingerprint density at radius 2 is 1.63 bits per heavy atom. The van der Waals surface area contributed by atoms with Crippen molar-refractivity contribution in [3.05, 3.63) is 99.9 Å². The summed E-state index contributed by atoms with van der Waals surface area (Å²) in [6.45, 7) is 3.74. The molecule has 0 heterocycles. The maximum Gasteiger partial charge on any atom is 0.333 e. The van der Waals surface area contributed by atoms with E-state index in [0.29, 0.717) is 50.6 Å². The van der Waals surface area contributed by atoms with Crippen LogP contribution in [0.15, 0.2) is 72.8 Å². The number of nitrogens with one attached hydrogen (secondary N) is 1. The van der Waals surface area contributed by atoms with Gasteiger partial charge in [-0.25, -0.2) is 14.0 Å². The lowest BCUT2D eigenvalue weighted by molar-refractivity contribution is -0.384. The van der Waals surface area contributed by atoms with Gasteiger partial charge in [-0.3, -0.25) is 10.1 Å². The van der Waals surface area contributed by atoms with E-state index in [-0.39, 0.29) is 37.1 Å². The zero-order chi connectivity index (χ0) is 31.0. The molecule has 0 saturated carbocycles. The number of nitrogens with zero attached hydrogens (tertiary/aromatic N) is 2. The summed E-state index contributed by atoms with van der Waals surface area (Å²) in [7, 11) is 0. The number of amides is 2. The van der Waals surface area contributed by atoms with E-state index in [1.54, 1.807) is 48.2 Å². The van der Waals surface area contributed by atoms with Crippen LogP contribution in [0, 0.1) is 15.9 Å². The molecule has 3 aromatic carbocycles. The third-order valence-electron chi connectivity index (χ3n) is 6.38. The summed E-state index contributed by atoms with van der Waals surface area (Å²) in [6.07, 6.45) is 0.640. The number of non-ortho nitro benzene ring substituents is 1. The highest BCUT2D eigenvalue weighted by atomic mass is 19.1. The number of hydrogen-bond donors (Lipinski definition) is 2. The van der Waals surface area contributed by atoms with Gasteiger partial charge in [0.15, 0.2) is 6.10 Å². The minimum absolute atomic E-state index is 0.0775. The summed E-state index contributed by atoms with van der Waals surface area (Å²) >= 11 is 0. The Bertz CT molecular complexity index is 1300. The highest BCUT2D eigenvalue weighted by molar-refractivity contribution is 5.89. The fourth-order valence-electron chi connectivity index (χ4n) is 4.09. The van der Waals surface area contributed by atoms with Crippen molar-refractivity contribution in [1.29, 1.82) is 0 Å². The third kappa shape index (κ3) is 11.7. The molecule has 230 valence electrons. The zero-order valence-corrected chi connectivity index (χ0v) is 23.9. The molecule has 0 aliphatic carbocycles. The fourth-order valence-corrected chi connectivity index (χ4v) is 4.09. The Morgan fingerprint density at radius 1 is 0.953 bits per heavy atom. The second kappa shape index (κ2) is 17.4. The van der Waals surface area contributed by atoms with Crippen LogP contribution in [-0.2, 0) is 27.3 Å². The number of ether oxygens (including phenoxy) is 3. The van der Waals surface area contributed by atoms with Crippen molar-refractivity contribution < 1.29 is 38.2 Å². The SMILES string of the molecule is CCOC(Cc1ccc(OCCN(CCCCOCc2ccc(F)cc2)C(=O)Nc2ccc([N+](=O)[O-])cc2)cc1)C(=O)O. The van der Waals surface area contributed by atoms with Gasteiger partial charge >= 0.3 is 12.0 Å². The van der Waals surface area contributed by atoms with E-state index in [1.165, 1.54) is 36.4 Å². The Labute approximate surface area is 249 Å². The molecule has 0 aliphatic rings. The molecule has 11 nitrogen and oxygen atoms in total. The molecule has 12 heteroatoms. The summed E-state index contributed by atoms with van der Waals surface area (Å²) < 4.78 is 29.8. The average molecular weight is 598 g/mol. The van der Waals surface area contributed by atoms with Crippen molar-refractivity contribution in [3.8, 4) is 5.75 Å². The number of rotatable bonds is 18. The van der Waals surface area contributed by atoms with Gasteiger partial charge < -0.3 is 29.5 Å². The van der Waals surface area contributed by atoms with E-state index in [2.05, 4.69) is 5.32 Å². The predicted molar refractivity (Wildman–Crippen MR) is 158 cm³/mol. The van der Waals surface area contributed by atoms with Crippen molar-refractivity contribution in [2.24, 2.45) is 0 Å². The van der Waals surface area contributed by atoms with E-state index in [9.17, 15) is 29.2 Å². The third-order valence-corrected chi connectivity index (χ3v) is 6.38. The summed E-state index contributed by atoms with van der Waals surface area (Å²) in [5.74, 6) is -0.756. The van der Waals surface area contributed by atoms with Crippen molar-refractivity contribution >= 4 is 23.4 Å². The highest BCUT2D eigenvalue weighted by Crippen LogP contribution is 2.17. The summed E-state index contributed by atoms with van der Waals surface area (Å²) in [6, 6.07) is 18.3. The number of benzene rings is 3. The van der Waals surface area contributed by atoms with Crippen LogP contribution in [0.3, 0.4) is 0 Å². The lowest BCUT2D eigenvalue weighted by Gasteiger charge is -2.23. The molecule has 0 fully saturated rings. The smallest absolute Gasteiger partial charge is 0.333 e. The second-order valence-corrected chi connectivity index (χ2v) is 9.59. The van der Waals surface area contributed by atoms with Crippen molar-refractivity contribution in [1.82, 2.24) is 4.90 Å². The number of urea groups is 1. The molecule has 0 aromatic heterocycles. The standard InChI is InChI=1S/C31H36FN3O8/c1-2-42-29(30(36)37)21-23-7-15-28(16-8-23)43-20-18-34(31(38)33-26-11-13-27(14-12-26)35(39)40)17-3-4-19-41-22-24-5-9-25(32)10-6-24/h5-16,29H,2-4,17-22H2,1H3,(H,33,38)(H,36,37). The first-order valence-corrected chi connectivity index (χ1v) is 13.9. The van der Waals surface area contributed by atoms with E-state index >= 15 is 0 Å². The molecule has 0 saturated heterocycles. The minimum atomic E-state index is -1.02. The Morgan fingerprint density at radius 3 is 2.26 bits per heavy atom. The monoisotopic (exact) mass is 597 g/mol. The van der Waals surface area contributed by atoms with Crippen molar-refractivity contribution in [2.75, 3.05) is 38.2 Å². The molecule has 1 atom stereocenters. The molecule has 3 aromatic rings. The van der Waals surface area contributed by atoms with Gasteiger partial charge in [0.05, 0.1) is 18.1 Å². The fraction of sp³-hybridized carbons (Fsp3) is 0.355. The van der Waals surface area contributed by atoms with Crippen LogP contribution >= 0.6 is 0 Å². The van der Waals surface area contributed by atoms with Gasteiger partial charge in [0.1, 0.15) is 18.2 Å². The predicted octanol–water partition coefficient (Wildman–Crippen LogP) is 5.68. The molecule has 0 spiro atoms. The molecule has 0 radical (unpaired) electrons. The summed E-state index contributed by atoms with van der Waals surface area (Å²) in [4.78, 5) is 36.4. The van der Waals surface area contributed by atoms with Crippen LogP contribution in [0.4, 0.5) is 20.6 Å². The molecule has 43 heavy (non-hydrogen) atoms. The number of nitro benzene ring substituents is 1. The molecular formula is C31H36FN3O8. The number of nitro groups is 1. The van der Waals surface area contributed by atoms with Gasteiger partial charge in [-0.1, -0.05) is 24.3 Å². The maximum atomic E-state index is 13.1. The normalized spacial score (nSPS) is 11.5. The number of carboxylic acid groups (broad SMARTS) is 1. The van der Waals surface area contributed by atoms with E-state index in [0.717, 1.165) is 11.1 Å². The topological polar surface area (TPSA) is 140 Å². The van der Waals surface area contributed by atoms with Gasteiger partial charge in [0.2, 0.25) is 0 Å². The van der Waals surface area contributed by atoms with Gasteiger partial charge in [-0.15, -0.1) is 0 Å². The number of aliphatic carboxylic acids is 1. The lowest BCUT2D eigenvalue weighted by atomic mass is 10.1. The van der Waals surface area contributed by atoms with Gasteiger partial charge in [-0.05, 0) is 67.3 Å². The molecule has 2 amide bonds. The second-order valence-electron chi connectivity index (χ2n) is 9.59. The van der Waals surface area contributed by atoms with Crippen LogP contribution in [0.5, 0.6) is 5.75 Å². The summed E-state index contributed by atoms with van der Waals surface area (Å²) in [5.41, 5.74) is 2.00. The minimum Gasteiger partial charge on any atom is -0.492 e. The van der Waals surface area contributed by atoms with Gasteiger partial charge in [-0.2, -0.15) is 0 Å². The quantitative estimate of drug-likeness (QED) is 0.109. The van der Waals surface area contributed by atoms with E-state index in [1.807, 2.05) is 0 Å². The Hall–Kier alpha value is -4.55. The Kier molecular flexibility index (Phi) is 13.3.